The predicted molar refractivity (Wildman–Crippen MR) is 113 cm³/mol. The number of anilines is 2. The first-order chi connectivity index (χ1) is 14.2. The molecule has 3 aromatic heterocycles. The number of ether oxygens (including phenoxy) is 2. The molecule has 9 heteroatoms. The Balaban J connectivity index is 1.61. The highest BCUT2D eigenvalue weighted by molar-refractivity contribution is 7.22. The molecule has 3 heterocycles. The number of rotatable bonds is 5. The molecule has 0 saturated heterocycles. The molecule has 0 saturated carbocycles. The fourth-order valence-electron chi connectivity index (χ4n) is 3.14. The molecule has 0 bridgehead atoms. The van der Waals surface area contributed by atoms with Gasteiger partial charge in [-0.15, -0.1) is 16.3 Å². The summed E-state index contributed by atoms with van der Waals surface area (Å²) in [5.41, 5.74) is 2.85. The summed E-state index contributed by atoms with van der Waals surface area (Å²) in [5.74, 6) is 0.332. The van der Waals surface area contributed by atoms with Crippen molar-refractivity contribution in [3.05, 3.63) is 48.7 Å². The van der Waals surface area contributed by atoms with Crippen LogP contribution in [0.5, 0.6) is 12.0 Å². The summed E-state index contributed by atoms with van der Waals surface area (Å²) in [4.78, 5) is 13.7. The first-order valence-electron chi connectivity index (χ1n) is 8.80. The second-order valence-electron chi connectivity index (χ2n) is 6.26. The summed E-state index contributed by atoms with van der Waals surface area (Å²) < 4.78 is 11.5. The molecule has 5 rings (SSSR count). The molecule has 0 spiro atoms. The van der Waals surface area contributed by atoms with E-state index in [2.05, 4.69) is 48.7 Å². The summed E-state index contributed by atoms with van der Waals surface area (Å²) in [6, 6.07) is 14.9. The number of fused-ring (bicyclic) bond motifs is 2. The molecule has 5 aromatic rings. The van der Waals surface area contributed by atoms with Crippen LogP contribution >= 0.6 is 11.3 Å². The molecule has 0 unspecified atom stereocenters. The van der Waals surface area contributed by atoms with Crippen molar-refractivity contribution in [1.29, 1.82) is 0 Å². The van der Waals surface area contributed by atoms with E-state index in [1.165, 1.54) is 24.3 Å². The van der Waals surface area contributed by atoms with Gasteiger partial charge in [0, 0.05) is 26.2 Å². The van der Waals surface area contributed by atoms with E-state index < -0.39 is 0 Å². The molecule has 2 aromatic carbocycles. The molecule has 0 fully saturated rings. The molecule has 0 aliphatic rings. The Bertz CT molecular complexity index is 1270. The average Bonchev–Trinajstić information content (AvgIpc) is 3.39. The SMILES string of the molecule is COc1nc(Nc2cc(-c3cc4ccccc4s3)c3[nH]ncc3c2)nc(OC)n1. The summed E-state index contributed by atoms with van der Waals surface area (Å²) in [5, 5.41) is 12.7. The van der Waals surface area contributed by atoms with Crippen LogP contribution in [-0.2, 0) is 0 Å². The lowest BCUT2D eigenvalue weighted by molar-refractivity contribution is 0.341. The van der Waals surface area contributed by atoms with Gasteiger partial charge in [-0.2, -0.15) is 15.1 Å². The monoisotopic (exact) mass is 404 g/mol. The van der Waals surface area contributed by atoms with Crippen LogP contribution < -0.4 is 14.8 Å². The third-order valence-corrected chi connectivity index (χ3v) is 5.60. The standard InChI is InChI=1S/C20H16N6O2S/c1-27-19-23-18(24-20(25-19)28-2)22-13-7-12-10-21-26-17(12)14(9-13)16-8-11-5-3-4-6-15(11)29-16/h3-10H,1-2H3,(H,21,26)(H,22,23,24,25). The predicted octanol–water partition coefficient (Wildman–Crippen LogP) is 4.39. The third kappa shape index (κ3) is 3.21. The zero-order valence-electron chi connectivity index (χ0n) is 15.6. The largest absolute Gasteiger partial charge is 0.467 e. The van der Waals surface area contributed by atoms with Crippen LogP contribution in [0.3, 0.4) is 0 Å². The Kier molecular flexibility index (Phi) is 4.21. The molecule has 0 aliphatic heterocycles. The lowest BCUT2D eigenvalue weighted by atomic mass is 10.1. The first kappa shape index (κ1) is 17.4. The number of hydrogen-bond donors (Lipinski definition) is 2. The summed E-state index contributed by atoms with van der Waals surface area (Å²) in [6.07, 6.45) is 1.80. The number of hydrogen-bond acceptors (Lipinski definition) is 8. The van der Waals surface area contributed by atoms with Crippen molar-refractivity contribution >= 4 is 44.0 Å². The van der Waals surface area contributed by atoms with Crippen LogP contribution in [-0.4, -0.2) is 39.4 Å². The quantitative estimate of drug-likeness (QED) is 0.448. The van der Waals surface area contributed by atoms with Gasteiger partial charge in [-0.05, 0) is 29.7 Å². The number of thiophene rings is 1. The molecule has 0 radical (unpaired) electrons. The number of aromatic nitrogens is 5. The Labute approximate surface area is 169 Å². The minimum Gasteiger partial charge on any atom is -0.467 e. The van der Waals surface area contributed by atoms with E-state index in [-0.39, 0.29) is 12.0 Å². The number of nitrogens with zero attached hydrogens (tertiary/aromatic N) is 4. The van der Waals surface area contributed by atoms with Gasteiger partial charge in [0.2, 0.25) is 5.95 Å². The van der Waals surface area contributed by atoms with E-state index >= 15 is 0 Å². The lowest BCUT2D eigenvalue weighted by Gasteiger charge is -2.09. The van der Waals surface area contributed by atoms with Crippen molar-refractivity contribution in [2.45, 2.75) is 0 Å². The summed E-state index contributed by atoms with van der Waals surface area (Å²) in [6.45, 7) is 0. The lowest BCUT2D eigenvalue weighted by Crippen LogP contribution is -2.03. The van der Waals surface area contributed by atoms with Crippen LogP contribution in [0.25, 0.3) is 31.4 Å². The number of benzene rings is 2. The van der Waals surface area contributed by atoms with Gasteiger partial charge in [-0.1, -0.05) is 18.2 Å². The number of methoxy groups -OCH3 is 2. The molecule has 0 atom stereocenters. The van der Waals surface area contributed by atoms with Crippen LogP contribution in [0.4, 0.5) is 11.6 Å². The van der Waals surface area contributed by atoms with Gasteiger partial charge < -0.3 is 14.8 Å². The third-order valence-electron chi connectivity index (χ3n) is 4.46. The Morgan fingerprint density at radius 3 is 2.48 bits per heavy atom. The minimum atomic E-state index is 0.175. The fourth-order valence-corrected chi connectivity index (χ4v) is 4.23. The minimum absolute atomic E-state index is 0.175. The molecule has 0 amide bonds. The van der Waals surface area contributed by atoms with Crippen LogP contribution in [0.2, 0.25) is 0 Å². The zero-order valence-corrected chi connectivity index (χ0v) is 16.4. The Morgan fingerprint density at radius 1 is 0.931 bits per heavy atom. The van der Waals surface area contributed by atoms with Gasteiger partial charge in [0.15, 0.2) is 0 Å². The van der Waals surface area contributed by atoms with Crippen LogP contribution in [0, 0.1) is 0 Å². The van der Waals surface area contributed by atoms with E-state index in [1.54, 1.807) is 17.5 Å². The van der Waals surface area contributed by atoms with Gasteiger partial charge in [-0.25, -0.2) is 0 Å². The normalized spacial score (nSPS) is 11.1. The van der Waals surface area contributed by atoms with Crippen molar-refractivity contribution in [3.63, 3.8) is 0 Å². The van der Waals surface area contributed by atoms with Gasteiger partial charge >= 0.3 is 12.0 Å². The van der Waals surface area contributed by atoms with Gasteiger partial charge in [0.25, 0.3) is 0 Å². The molecule has 29 heavy (non-hydrogen) atoms. The highest BCUT2D eigenvalue weighted by Gasteiger charge is 2.13. The maximum absolute atomic E-state index is 5.12. The van der Waals surface area contributed by atoms with Crippen molar-refractivity contribution in [1.82, 2.24) is 25.1 Å². The van der Waals surface area contributed by atoms with Crippen molar-refractivity contribution in [3.8, 4) is 22.5 Å². The van der Waals surface area contributed by atoms with Crippen molar-refractivity contribution in [2.24, 2.45) is 0 Å². The maximum atomic E-state index is 5.12. The van der Waals surface area contributed by atoms with E-state index in [1.807, 2.05) is 24.3 Å². The van der Waals surface area contributed by atoms with Crippen molar-refractivity contribution < 1.29 is 9.47 Å². The number of H-pyrrole nitrogens is 1. The number of aromatic amines is 1. The van der Waals surface area contributed by atoms with Gasteiger partial charge in [0.1, 0.15) is 0 Å². The van der Waals surface area contributed by atoms with E-state index in [0.29, 0.717) is 5.95 Å². The van der Waals surface area contributed by atoms with Crippen LogP contribution in [0.15, 0.2) is 48.7 Å². The second kappa shape index (κ2) is 7.02. The Morgan fingerprint density at radius 2 is 1.72 bits per heavy atom. The molecular weight excluding hydrogens is 388 g/mol. The second-order valence-corrected chi connectivity index (χ2v) is 7.35. The van der Waals surface area contributed by atoms with Crippen LogP contribution in [0.1, 0.15) is 0 Å². The highest BCUT2D eigenvalue weighted by Crippen LogP contribution is 2.38. The van der Waals surface area contributed by atoms with E-state index in [9.17, 15) is 0 Å². The first-order valence-corrected chi connectivity index (χ1v) is 9.62. The van der Waals surface area contributed by atoms with Gasteiger partial charge in [-0.3, -0.25) is 5.10 Å². The fraction of sp³-hybridized carbons (Fsp3) is 0.100. The average molecular weight is 404 g/mol. The maximum Gasteiger partial charge on any atom is 0.324 e. The Hall–Kier alpha value is -3.72. The molecule has 8 nitrogen and oxygen atoms in total. The van der Waals surface area contributed by atoms with E-state index in [0.717, 1.165) is 27.0 Å². The summed E-state index contributed by atoms with van der Waals surface area (Å²) in [7, 11) is 2.99. The topological polar surface area (TPSA) is 97.8 Å². The molecule has 0 aliphatic carbocycles. The van der Waals surface area contributed by atoms with Gasteiger partial charge in [0.05, 0.1) is 25.9 Å². The highest BCUT2D eigenvalue weighted by atomic mass is 32.1. The molecule has 144 valence electrons. The number of nitrogens with one attached hydrogen (secondary N) is 2. The molecule has 2 N–H and O–H groups in total. The smallest absolute Gasteiger partial charge is 0.324 e. The summed E-state index contributed by atoms with van der Waals surface area (Å²) >= 11 is 1.74. The van der Waals surface area contributed by atoms with Crippen molar-refractivity contribution in [2.75, 3.05) is 19.5 Å². The molecular formula is C20H16N6O2S. The van der Waals surface area contributed by atoms with E-state index in [4.69, 9.17) is 9.47 Å². The zero-order chi connectivity index (χ0) is 19.8.